The molecular formula is C39H56N2O4. The minimum absolute atomic E-state index is 0.0451. The number of amides is 2. The number of urea groups is 1. The lowest BCUT2D eigenvalue weighted by molar-refractivity contribution is -0.210. The lowest BCUT2D eigenvalue weighted by Gasteiger charge is -2.70. The summed E-state index contributed by atoms with van der Waals surface area (Å²) in [4.78, 5) is 39.8. The molecule has 246 valence electrons. The fourth-order valence-electron chi connectivity index (χ4n) is 11.8. The number of nitrogens with one attached hydrogen (secondary N) is 2. The topological polar surface area (TPSA) is 84.5 Å². The zero-order valence-corrected chi connectivity index (χ0v) is 29.0. The van der Waals surface area contributed by atoms with Gasteiger partial charge in [-0.25, -0.2) is 4.79 Å². The van der Waals surface area contributed by atoms with E-state index in [2.05, 4.69) is 65.2 Å². The van der Waals surface area contributed by atoms with Gasteiger partial charge in [0.15, 0.2) is 5.78 Å². The number of fused-ring (bicyclic) bond motifs is 7. The van der Waals surface area contributed by atoms with Crippen LogP contribution in [-0.4, -0.2) is 29.4 Å². The highest BCUT2D eigenvalue weighted by Crippen LogP contribution is 2.74. The summed E-state index contributed by atoms with van der Waals surface area (Å²) < 4.78 is 5.88. The Morgan fingerprint density at radius 1 is 0.889 bits per heavy atom. The van der Waals surface area contributed by atoms with Crippen LogP contribution in [0.3, 0.4) is 0 Å². The monoisotopic (exact) mass is 616 g/mol. The molecule has 0 aliphatic heterocycles. The molecule has 6 heteroatoms. The SMILES string of the molecule is CC(=O)O[C@H]1CC[C@@]2(C)C(CC[C@]3(C)[C@@H]2C(=O)C=C2[C@@H]4C[C@@](C)(NC(=O)NCc5ccccc5)CC[C@]4(C)CC[C@]23C)C1(C)C. The lowest BCUT2D eigenvalue weighted by Crippen LogP contribution is -2.67. The van der Waals surface area contributed by atoms with Gasteiger partial charge in [-0.15, -0.1) is 0 Å². The quantitative estimate of drug-likeness (QED) is 0.335. The van der Waals surface area contributed by atoms with E-state index in [4.69, 9.17) is 4.74 Å². The molecule has 1 unspecified atom stereocenters. The Balaban J connectivity index is 1.28. The molecule has 6 nitrogen and oxygen atoms in total. The zero-order valence-electron chi connectivity index (χ0n) is 29.0. The third-order valence-corrected chi connectivity index (χ3v) is 14.5. The first-order chi connectivity index (χ1) is 21.0. The Bertz CT molecular complexity index is 1400. The number of hydrogen-bond donors (Lipinski definition) is 2. The molecule has 9 atom stereocenters. The van der Waals surface area contributed by atoms with Gasteiger partial charge >= 0.3 is 12.0 Å². The second-order valence-electron chi connectivity index (χ2n) is 17.5. The van der Waals surface area contributed by atoms with E-state index in [-0.39, 0.29) is 62.6 Å². The van der Waals surface area contributed by atoms with Crippen LogP contribution in [0.5, 0.6) is 0 Å². The number of ether oxygens (including phenoxy) is 1. The van der Waals surface area contributed by atoms with Gasteiger partial charge in [0.25, 0.3) is 0 Å². The predicted molar refractivity (Wildman–Crippen MR) is 177 cm³/mol. The molecule has 2 amide bonds. The van der Waals surface area contributed by atoms with Crippen molar-refractivity contribution in [2.75, 3.05) is 0 Å². The first kappa shape index (κ1) is 32.3. The van der Waals surface area contributed by atoms with Gasteiger partial charge in [-0.2, -0.15) is 0 Å². The van der Waals surface area contributed by atoms with Crippen molar-refractivity contribution >= 4 is 17.8 Å². The van der Waals surface area contributed by atoms with Crippen molar-refractivity contribution in [2.45, 2.75) is 131 Å². The highest BCUT2D eigenvalue weighted by Gasteiger charge is 2.70. The summed E-state index contributed by atoms with van der Waals surface area (Å²) in [6, 6.07) is 9.89. The minimum atomic E-state index is -0.340. The third-order valence-electron chi connectivity index (χ3n) is 14.5. The second kappa shape index (κ2) is 10.7. The fraction of sp³-hybridized carbons (Fsp3) is 0.718. The summed E-state index contributed by atoms with van der Waals surface area (Å²) in [5.74, 6) is 0.626. The molecule has 1 aromatic carbocycles. The second-order valence-corrected chi connectivity index (χ2v) is 17.5. The molecule has 2 N–H and O–H groups in total. The van der Waals surface area contributed by atoms with Crippen LogP contribution in [0, 0.1) is 44.8 Å². The average Bonchev–Trinajstić information content (AvgIpc) is 2.96. The van der Waals surface area contributed by atoms with E-state index in [1.165, 1.54) is 12.5 Å². The van der Waals surface area contributed by atoms with Gasteiger partial charge in [-0.05, 0) is 110 Å². The molecule has 4 fully saturated rings. The van der Waals surface area contributed by atoms with Crippen LogP contribution in [-0.2, 0) is 20.9 Å². The Kier molecular flexibility index (Phi) is 7.69. The minimum Gasteiger partial charge on any atom is -0.462 e. The highest BCUT2D eigenvalue weighted by atomic mass is 16.5. The van der Waals surface area contributed by atoms with Crippen LogP contribution < -0.4 is 10.6 Å². The number of ketones is 1. The summed E-state index contributed by atoms with van der Waals surface area (Å²) in [7, 11) is 0. The smallest absolute Gasteiger partial charge is 0.315 e. The molecule has 5 aliphatic rings. The first-order valence-corrected chi connectivity index (χ1v) is 17.5. The third kappa shape index (κ3) is 4.99. The van der Waals surface area contributed by atoms with Crippen LogP contribution in [0.2, 0.25) is 0 Å². The van der Waals surface area contributed by atoms with Crippen LogP contribution in [0.25, 0.3) is 0 Å². The van der Waals surface area contributed by atoms with Crippen LogP contribution in [0.15, 0.2) is 42.0 Å². The number of carbonyl (C=O) groups excluding carboxylic acids is 3. The molecule has 0 spiro atoms. The van der Waals surface area contributed by atoms with Crippen molar-refractivity contribution in [3.05, 3.63) is 47.5 Å². The number of carbonyl (C=O) groups is 3. The highest BCUT2D eigenvalue weighted by molar-refractivity contribution is 5.95. The first-order valence-electron chi connectivity index (χ1n) is 17.5. The fourth-order valence-corrected chi connectivity index (χ4v) is 11.8. The largest absolute Gasteiger partial charge is 0.462 e. The summed E-state index contributed by atoms with van der Waals surface area (Å²) in [5.41, 5.74) is 1.68. The van der Waals surface area contributed by atoms with Crippen molar-refractivity contribution < 1.29 is 19.1 Å². The zero-order chi connectivity index (χ0) is 32.6. The van der Waals surface area contributed by atoms with Gasteiger partial charge in [0.1, 0.15) is 6.10 Å². The number of rotatable bonds is 4. The molecule has 0 heterocycles. The molecule has 1 aromatic rings. The number of hydrogen-bond acceptors (Lipinski definition) is 4. The van der Waals surface area contributed by atoms with E-state index in [0.717, 1.165) is 63.4 Å². The summed E-state index contributed by atoms with van der Waals surface area (Å²) in [6.45, 7) is 18.5. The van der Waals surface area contributed by atoms with Crippen molar-refractivity contribution in [2.24, 2.45) is 44.8 Å². The van der Waals surface area contributed by atoms with E-state index in [1.54, 1.807) is 0 Å². The maximum atomic E-state index is 14.7. The van der Waals surface area contributed by atoms with E-state index in [0.29, 0.717) is 18.2 Å². The van der Waals surface area contributed by atoms with Crippen molar-refractivity contribution in [1.29, 1.82) is 0 Å². The maximum absolute atomic E-state index is 14.7. The van der Waals surface area contributed by atoms with Crippen molar-refractivity contribution in [3.8, 4) is 0 Å². The maximum Gasteiger partial charge on any atom is 0.315 e. The Labute approximate surface area is 270 Å². The Morgan fingerprint density at radius 3 is 2.27 bits per heavy atom. The van der Waals surface area contributed by atoms with Crippen LogP contribution >= 0.6 is 0 Å². The Hall–Kier alpha value is -2.63. The number of benzene rings is 1. The molecular weight excluding hydrogens is 560 g/mol. The molecule has 4 saturated carbocycles. The normalized spacial score (nSPS) is 43.4. The molecule has 6 rings (SSSR count). The van der Waals surface area contributed by atoms with Crippen molar-refractivity contribution in [1.82, 2.24) is 10.6 Å². The van der Waals surface area contributed by atoms with Gasteiger partial charge in [0, 0.05) is 30.3 Å². The number of allylic oxidation sites excluding steroid dienone is 2. The Morgan fingerprint density at radius 2 is 1.58 bits per heavy atom. The summed E-state index contributed by atoms with van der Waals surface area (Å²) >= 11 is 0. The molecule has 45 heavy (non-hydrogen) atoms. The average molecular weight is 617 g/mol. The van der Waals surface area contributed by atoms with Gasteiger partial charge < -0.3 is 15.4 Å². The molecule has 0 aromatic heterocycles. The van der Waals surface area contributed by atoms with E-state index >= 15 is 0 Å². The molecule has 5 aliphatic carbocycles. The van der Waals surface area contributed by atoms with E-state index in [1.807, 2.05) is 30.3 Å². The standard InChI is InChI=1S/C39H56N2O4/c1-25(42)45-31-15-16-37(6)30(34(31,2)3)14-17-39(8)32(37)29(43)22-27-28-23-36(5,20-18-35(28,4)19-21-38(27,39)7)41-33(44)40-24-26-12-10-9-11-13-26/h9-13,22,28,30-32H,14-21,23-24H2,1-8H3,(H2,40,41,44)/t28-,30?,31-,32+,35+,36-,37-,38+,39+/m0/s1. The van der Waals surface area contributed by atoms with Gasteiger partial charge in [0.05, 0.1) is 0 Å². The van der Waals surface area contributed by atoms with Crippen LogP contribution in [0.4, 0.5) is 4.79 Å². The lowest BCUT2D eigenvalue weighted by atomic mass is 9.33. The van der Waals surface area contributed by atoms with Crippen LogP contribution in [0.1, 0.15) is 119 Å². The van der Waals surface area contributed by atoms with Gasteiger partial charge in [-0.1, -0.05) is 77.4 Å². The number of esters is 1. The van der Waals surface area contributed by atoms with E-state index in [9.17, 15) is 14.4 Å². The molecule has 0 saturated heterocycles. The molecule has 0 radical (unpaired) electrons. The van der Waals surface area contributed by atoms with Gasteiger partial charge in [0.2, 0.25) is 0 Å². The van der Waals surface area contributed by atoms with Crippen molar-refractivity contribution in [3.63, 3.8) is 0 Å². The van der Waals surface area contributed by atoms with Gasteiger partial charge in [-0.3, -0.25) is 9.59 Å². The summed E-state index contributed by atoms with van der Waals surface area (Å²) in [6.07, 6.45) is 10.9. The summed E-state index contributed by atoms with van der Waals surface area (Å²) in [5, 5.41) is 6.44. The van der Waals surface area contributed by atoms with E-state index < -0.39 is 0 Å². The predicted octanol–water partition coefficient (Wildman–Crippen LogP) is 8.15. The molecule has 0 bridgehead atoms.